The summed E-state index contributed by atoms with van der Waals surface area (Å²) in [5.74, 6) is 1.16. The molecule has 0 atom stereocenters. The van der Waals surface area contributed by atoms with Crippen molar-refractivity contribution >= 4 is 28.6 Å². The van der Waals surface area contributed by atoms with Gasteiger partial charge in [0, 0.05) is 42.9 Å². The second kappa shape index (κ2) is 7.04. The van der Waals surface area contributed by atoms with E-state index in [1.165, 1.54) is 0 Å². The topological polar surface area (TPSA) is 100 Å². The lowest BCUT2D eigenvalue weighted by Gasteiger charge is -2.51. The Labute approximate surface area is 168 Å². The number of benzene rings is 1. The third kappa shape index (κ3) is 3.19. The predicted octanol–water partition coefficient (Wildman–Crippen LogP) is 1.94. The van der Waals surface area contributed by atoms with Gasteiger partial charge in [0.15, 0.2) is 0 Å². The molecule has 150 valence electrons. The third-order valence-corrected chi connectivity index (χ3v) is 6.13. The minimum absolute atomic E-state index is 0.0532. The Balaban J connectivity index is 1.39. The van der Waals surface area contributed by atoms with Crippen LogP contribution in [0.4, 0.5) is 11.8 Å². The number of carbonyl (C=O) groups is 1. The minimum Gasteiger partial charge on any atom is -0.384 e. The number of fused-ring (bicyclic) bond motifs is 1. The van der Waals surface area contributed by atoms with Crippen LogP contribution in [-0.4, -0.2) is 57.6 Å². The van der Waals surface area contributed by atoms with Crippen molar-refractivity contribution in [1.29, 1.82) is 0 Å². The van der Waals surface area contributed by atoms with E-state index >= 15 is 0 Å². The standard InChI is InChI=1S/C21H24N6O2/c22-18-5-9-24-20(25-18)26-10-6-21(7-11-26)14-29-13-19(28)27(21)12-15-2-1-3-17-16(15)4-8-23-17/h1-5,8-9,23H,6-7,10-14H2,(H2,22,24,25). The summed E-state index contributed by atoms with van der Waals surface area (Å²) in [7, 11) is 0. The molecule has 0 aliphatic carbocycles. The van der Waals surface area contributed by atoms with Crippen molar-refractivity contribution in [3.8, 4) is 0 Å². The van der Waals surface area contributed by atoms with Crippen LogP contribution in [-0.2, 0) is 16.1 Å². The normalized spacial score (nSPS) is 19.2. The smallest absolute Gasteiger partial charge is 0.249 e. The number of hydrogen-bond acceptors (Lipinski definition) is 6. The molecule has 2 aliphatic rings. The van der Waals surface area contributed by atoms with Crippen molar-refractivity contribution in [1.82, 2.24) is 19.9 Å². The average Bonchev–Trinajstić information content (AvgIpc) is 3.21. The molecule has 2 aromatic heterocycles. The summed E-state index contributed by atoms with van der Waals surface area (Å²) in [5.41, 5.74) is 7.75. The Morgan fingerprint density at radius 1 is 1.21 bits per heavy atom. The maximum absolute atomic E-state index is 12.9. The van der Waals surface area contributed by atoms with Crippen LogP contribution in [0.25, 0.3) is 10.9 Å². The average molecular weight is 392 g/mol. The molecule has 1 amide bonds. The summed E-state index contributed by atoms with van der Waals surface area (Å²) < 4.78 is 5.71. The minimum atomic E-state index is -0.301. The number of carbonyl (C=O) groups excluding carboxylic acids is 1. The van der Waals surface area contributed by atoms with Crippen LogP contribution < -0.4 is 10.6 Å². The van der Waals surface area contributed by atoms with Gasteiger partial charge in [-0.1, -0.05) is 12.1 Å². The van der Waals surface area contributed by atoms with Gasteiger partial charge >= 0.3 is 0 Å². The highest BCUT2D eigenvalue weighted by molar-refractivity contribution is 5.84. The summed E-state index contributed by atoms with van der Waals surface area (Å²) in [5, 5.41) is 1.16. The Bertz CT molecular complexity index is 1040. The fourth-order valence-corrected chi connectivity index (χ4v) is 4.51. The molecule has 8 heteroatoms. The van der Waals surface area contributed by atoms with Gasteiger partial charge in [-0.2, -0.15) is 4.98 Å². The number of amides is 1. The van der Waals surface area contributed by atoms with E-state index in [2.05, 4.69) is 38.1 Å². The van der Waals surface area contributed by atoms with E-state index in [4.69, 9.17) is 10.5 Å². The van der Waals surface area contributed by atoms with Crippen molar-refractivity contribution < 1.29 is 9.53 Å². The number of aromatic amines is 1. The highest BCUT2D eigenvalue weighted by Gasteiger charge is 2.45. The molecule has 0 radical (unpaired) electrons. The van der Waals surface area contributed by atoms with Gasteiger partial charge in [0.05, 0.1) is 12.1 Å². The van der Waals surface area contributed by atoms with Crippen LogP contribution >= 0.6 is 0 Å². The van der Waals surface area contributed by atoms with Crippen molar-refractivity contribution in [2.45, 2.75) is 24.9 Å². The zero-order valence-electron chi connectivity index (χ0n) is 16.2. The summed E-state index contributed by atoms with van der Waals surface area (Å²) in [6, 6.07) is 9.95. The molecule has 2 aliphatic heterocycles. The van der Waals surface area contributed by atoms with Gasteiger partial charge in [0.2, 0.25) is 11.9 Å². The van der Waals surface area contributed by atoms with Gasteiger partial charge in [-0.3, -0.25) is 4.79 Å². The van der Waals surface area contributed by atoms with Gasteiger partial charge in [-0.25, -0.2) is 4.98 Å². The number of rotatable bonds is 3. The Hall–Kier alpha value is -3.13. The number of nitrogens with one attached hydrogen (secondary N) is 1. The SMILES string of the molecule is Nc1ccnc(N2CCC3(CC2)COCC(=O)N3Cc2cccc3[nH]ccc23)n1. The molecule has 5 rings (SSSR count). The number of hydrogen-bond donors (Lipinski definition) is 2. The summed E-state index contributed by atoms with van der Waals surface area (Å²) in [6.07, 6.45) is 5.23. The number of morpholine rings is 1. The highest BCUT2D eigenvalue weighted by Crippen LogP contribution is 2.35. The molecule has 3 N–H and O–H groups in total. The summed E-state index contributed by atoms with van der Waals surface area (Å²) in [6.45, 7) is 2.81. The second-order valence-corrected chi connectivity index (χ2v) is 7.82. The molecule has 4 heterocycles. The molecule has 8 nitrogen and oxygen atoms in total. The largest absolute Gasteiger partial charge is 0.384 e. The lowest BCUT2D eigenvalue weighted by atomic mass is 9.84. The van der Waals surface area contributed by atoms with Crippen molar-refractivity contribution in [2.75, 3.05) is 36.9 Å². The maximum Gasteiger partial charge on any atom is 0.249 e. The summed E-state index contributed by atoms with van der Waals surface area (Å²) >= 11 is 0. The maximum atomic E-state index is 12.9. The Morgan fingerprint density at radius 2 is 2.07 bits per heavy atom. The lowest BCUT2D eigenvalue weighted by Crippen LogP contribution is -2.63. The van der Waals surface area contributed by atoms with E-state index in [-0.39, 0.29) is 18.1 Å². The fraction of sp³-hybridized carbons (Fsp3) is 0.381. The number of piperidine rings is 1. The van der Waals surface area contributed by atoms with Crippen LogP contribution in [0.5, 0.6) is 0 Å². The Kier molecular flexibility index (Phi) is 4.35. The molecule has 0 unspecified atom stereocenters. The number of anilines is 2. The van der Waals surface area contributed by atoms with E-state index < -0.39 is 0 Å². The number of nitrogens with zero attached hydrogens (tertiary/aromatic N) is 4. The van der Waals surface area contributed by atoms with E-state index in [0.29, 0.717) is 24.9 Å². The molecule has 0 saturated carbocycles. The first kappa shape index (κ1) is 17.9. The van der Waals surface area contributed by atoms with Crippen LogP contribution in [0, 0.1) is 0 Å². The zero-order valence-corrected chi connectivity index (χ0v) is 16.2. The van der Waals surface area contributed by atoms with Crippen molar-refractivity contribution in [3.05, 3.63) is 48.3 Å². The van der Waals surface area contributed by atoms with Gasteiger partial charge in [0.1, 0.15) is 12.4 Å². The van der Waals surface area contributed by atoms with Crippen LogP contribution in [0.15, 0.2) is 42.7 Å². The van der Waals surface area contributed by atoms with Crippen LogP contribution in [0.3, 0.4) is 0 Å². The van der Waals surface area contributed by atoms with Crippen molar-refractivity contribution in [2.24, 2.45) is 0 Å². The molecule has 2 fully saturated rings. The first-order valence-electron chi connectivity index (χ1n) is 9.91. The molecule has 3 aromatic rings. The van der Waals surface area contributed by atoms with E-state index in [9.17, 15) is 4.79 Å². The molecule has 29 heavy (non-hydrogen) atoms. The van der Waals surface area contributed by atoms with E-state index in [1.54, 1.807) is 12.3 Å². The second-order valence-electron chi connectivity index (χ2n) is 7.82. The van der Waals surface area contributed by atoms with Crippen molar-refractivity contribution in [3.63, 3.8) is 0 Å². The number of ether oxygens (including phenoxy) is 1. The van der Waals surface area contributed by atoms with Crippen LogP contribution in [0.2, 0.25) is 0 Å². The molecule has 1 aromatic carbocycles. The molecule has 1 spiro atoms. The molecular formula is C21H24N6O2. The van der Waals surface area contributed by atoms with E-state index in [0.717, 1.165) is 42.4 Å². The van der Waals surface area contributed by atoms with Gasteiger partial charge in [0.25, 0.3) is 0 Å². The third-order valence-electron chi connectivity index (χ3n) is 6.13. The fourth-order valence-electron chi connectivity index (χ4n) is 4.51. The first-order valence-corrected chi connectivity index (χ1v) is 9.91. The monoisotopic (exact) mass is 392 g/mol. The lowest BCUT2D eigenvalue weighted by molar-refractivity contribution is -0.161. The van der Waals surface area contributed by atoms with Gasteiger partial charge < -0.3 is 25.3 Å². The molecule has 0 bridgehead atoms. The van der Waals surface area contributed by atoms with Crippen LogP contribution in [0.1, 0.15) is 18.4 Å². The predicted molar refractivity (Wildman–Crippen MR) is 110 cm³/mol. The molecule has 2 saturated heterocycles. The number of H-pyrrole nitrogens is 1. The van der Waals surface area contributed by atoms with Gasteiger partial charge in [-0.15, -0.1) is 0 Å². The highest BCUT2D eigenvalue weighted by atomic mass is 16.5. The quantitative estimate of drug-likeness (QED) is 0.707. The Morgan fingerprint density at radius 3 is 2.90 bits per heavy atom. The van der Waals surface area contributed by atoms with E-state index in [1.807, 2.05) is 17.2 Å². The first-order chi connectivity index (χ1) is 14.1. The number of aromatic nitrogens is 3. The molecular weight excluding hydrogens is 368 g/mol. The van der Waals surface area contributed by atoms with Gasteiger partial charge in [-0.05, 0) is 36.6 Å². The zero-order chi connectivity index (χ0) is 19.8. The summed E-state index contributed by atoms with van der Waals surface area (Å²) in [4.78, 5) is 29.0. The number of nitrogens with two attached hydrogens (primary N) is 1. The number of nitrogen functional groups attached to an aromatic ring is 1.